The van der Waals surface area contributed by atoms with Crippen molar-refractivity contribution >= 4 is 0 Å². The number of hydrogen-bond donors (Lipinski definition) is 1. The minimum absolute atomic E-state index is 0.0160. The molecule has 0 bridgehead atoms. The van der Waals surface area contributed by atoms with Gasteiger partial charge in [0.25, 0.3) is 0 Å². The van der Waals surface area contributed by atoms with Crippen molar-refractivity contribution in [2.24, 2.45) is 0 Å². The molecule has 0 aliphatic rings. The first-order valence-electron chi connectivity index (χ1n) is 6.66. The molecule has 1 unspecified atom stereocenters. The Bertz CT molecular complexity index is 391. The maximum absolute atomic E-state index is 12.5. The molecule has 1 nitrogen and oxygen atoms in total. The Hall–Kier alpha value is -1.03. The van der Waals surface area contributed by atoms with Crippen LogP contribution in [0.5, 0.6) is 0 Å². The van der Waals surface area contributed by atoms with Crippen LogP contribution in [0.1, 0.15) is 57.7 Å². The van der Waals surface area contributed by atoms with Crippen molar-refractivity contribution < 1.29 is 13.2 Å². The molecule has 0 spiro atoms. The normalized spacial score (nSPS) is 14.5. The van der Waals surface area contributed by atoms with Gasteiger partial charge in [-0.1, -0.05) is 26.0 Å². The zero-order valence-electron chi connectivity index (χ0n) is 11.9. The van der Waals surface area contributed by atoms with Gasteiger partial charge in [-0.05, 0) is 44.4 Å². The van der Waals surface area contributed by atoms with Crippen LogP contribution in [0, 0.1) is 0 Å². The Morgan fingerprint density at radius 2 is 1.53 bits per heavy atom. The first kappa shape index (κ1) is 16.0. The number of benzene rings is 1. The summed E-state index contributed by atoms with van der Waals surface area (Å²) >= 11 is 0. The Balaban J connectivity index is 2.81. The molecule has 0 aromatic heterocycles. The second-order valence-corrected chi connectivity index (χ2v) is 5.25. The molecule has 4 heteroatoms. The summed E-state index contributed by atoms with van der Waals surface area (Å²) < 4.78 is 37.5. The fourth-order valence-electron chi connectivity index (χ4n) is 2.02. The lowest BCUT2D eigenvalue weighted by atomic mass is 9.93. The number of halogens is 3. The first-order valence-corrected chi connectivity index (χ1v) is 6.66. The van der Waals surface area contributed by atoms with Gasteiger partial charge in [0.15, 0.2) is 0 Å². The zero-order chi connectivity index (χ0) is 14.7. The van der Waals surface area contributed by atoms with E-state index in [1.165, 1.54) is 0 Å². The molecule has 0 radical (unpaired) electrons. The van der Waals surface area contributed by atoms with Crippen molar-refractivity contribution in [3.63, 3.8) is 0 Å². The molecule has 19 heavy (non-hydrogen) atoms. The van der Waals surface area contributed by atoms with Gasteiger partial charge in [-0.15, -0.1) is 0 Å². The minimum Gasteiger partial charge on any atom is -0.305 e. The summed E-state index contributed by atoms with van der Waals surface area (Å²) in [6, 6.07) is 5.41. The van der Waals surface area contributed by atoms with E-state index >= 15 is 0 Å². The Morgan fingerprint density at radius 1 is 1.05 bits per heavy atom. The molecule has 1 aromatic carbocycles. The second-order valence-electron chi connectivity index (χ2n) is 5.25. The molecular formula is C15H22F3N. The molecule has 0 heterocycles. The third-order valence-electron chi connectivity index (χ3n) is 3.86. The van der Waals surface area contributed by atoms with Crippen molar-refractivity contribution in [1.82, 2.24) is 5.32 Å². The third-order valence-corrected chi connectivity index (χ3v) is 3.86. The molecule has 0 saturated heterocycles. The molecular weight excluding hydrogens is 251 g/mol. The van der Waals surface area contributed by atoms with E-state index in [-0.39, 0.29) is 11.6 Å². The van der Waals surface area contributed by atoms with Gasteiger partial charge < -0.3 is 5.32 Å². The maximum Gasteiger partial charge on any atom is 0.416 e. The van der Waals surface area contributed by atoms with Crippen LogP contribution >= 0.6 is 0 Å². The summed E-state index contributed by atoms with van der Waals surface area (Å²) in [6.45, 7) is 8.33. The smallest absolute Gasteiger partial charge is 0.305 e. The highest BCUT2D eigenvalue weighted by molar-refractivity contribution is 5.26. The molecule has 0 aliphatic carbocycles. The zero-order valence-corrected chi connectivity index (χ0v) is 11.9. The minimum atomic E-state index is -4.27. The molecule has 0 fully saturated rings. The average molecular weight is 273 g/mol. The van der Waals surface area contributed by atoms with E-state index in [2.05, 4.69) is 26.1 Å². The number of hydrogen-bond acceptors (Lipinski definition) is 1. The molecule has 1 aromatic rings. The van der Waals surface area contributed by atoms with Crippen molar-refractivity contribution in [2.75, 3.05) is 0 Å². The summed E-state index contributed by atoms with van der Waals surface area (Å²) in [7, 11) is 0. The predicted molar refractivity (Wildman–Crippen MR) is 72.0 cm³/mol. The molecule has 1 atom stereocenters. The quantitative estimate of drug-likeness (QED) is 0.801. The molecule has 0 saturated carbocycles. The van der Waals surface area contributed by atoms with Crippen LogP contribution < -0.4 is 5.32 Å². The SMILES string of the molecule is CCC(C)(CC)NC(C)c1ccc(C(F)(F)F)cc1. The van der Waals surface area contributed by atoms with E-state index in [0.29, 0.717) is 0 Å². The summed E-state index contributed by atoms with van der Waals surface area (Å²) in [5, 5.41) is 3.49. The van der Waals surface area contributed by atoms with Crippen LogP contribution in [0.2, 0.25) is 0 Å². The summed E-state index contributed by atoms with van der Waals surface area (Å²) in [5.74, 6) is 0. The number of alkyl halides is 3. The molecule has 1 rings (SSSR count). The van der Waals surface area contributed by atoms with Gasteiger partial charge in [-0.3, -0.25) is 0 Å². The lowest BCUT2D eigenvalue weighted by Gasteiger charge is -2.32. The van der Waals surface area contributed by atoms with Crippen LogP contribution in [0.15, 0.2) is 24.3 Å². The third kappa shape index (κ3) is 4.23. The van der Waals surface area contributed by atoms with Crippen LogP contribution in [0.25, 0.3) is 0 Å². The molecule has 108 valence electrons. The topological polar surface area (TPSA) is 12.0 Å². The Morgan fingerprint density at radius 3 is 1.89 bits per heavy atom. The number of nitrogens with one attached hydrogen (secondary N) is 1. The summed E-state index contributed by atoms with van der Waals surface area (Å²) in [5.41, 5.74) is 0.292. The molecule has 1 N–H and O–H groups in total. The van der Waals surface area contributed by atoms with Gasteiger partial charge in [0.05, 0.1) is 5.56 Å². The fraction of sp³-hybridized carbons (Fsp3) is 0.600. The van der Waals surface area contributed by atoms with Crippen LogP contribution in [0.3, 0.4) is 0 Å². The lowest BCUT2D eigenvalue weighted by molar-refractivity contribution is -0.137. The highest BCUT2D eigenvalue weighted by Crippen LogP contribution is 2.30. The van der Waals surface area contributed by atoms with Crippen LogP contribution in [0.4, 0.5) is 13.2 Å². The van der Waals surface area contributed by atoms with Gasteiger partial charge >= 0.3 is 6.18 Å². The summed E-state index contributed by atoms with van der Waals surface area (Å²) in [4.78, 5) is 0. The Labute approximate surface area is 113 Å². The van der Waals surface area contributed by atoms with Crippen molar-refractivity contribution in [3.8, 4) is 0 Å². The molecule has 0 aliphatic heterocycles. The summed E-state index contributed by atoms with van der Waals surface area (Å²) in [6.07, 6.45) is -2.31. The van der Waals surface area contributed by atoms with E-state index in [9.17, 15) is 13.2 Å². The fourth-order valence-corrected chi connectivity index (χ4v) is 2.02. The first-order chi connectivity index (χ1) is 8.72. The van der Waals surface area contributed by atoms with E-state index in [1.54, 1.807) is 12.1 Å². The average Bonchev–Trinajstić information content (AvgIpc) is 2.37. The van der Waals surface area contributed by atoms with Gasteiger partial charge in [0.2, 0.25) is 0 Å². The van der Waals surface area contributed by atoms with Crippen LogP contribution in [-0.2, 0) is 6.18 Å². The second kappa shape index (κ2) is 5.95. The maximum atomic E-state index is 12.5. The lowest BCUT2D eigenvalue weighted by Crippen LogP contribution is -2.42. The highest BCUT2D eigenvalue weighted by Gasteiger charge is 2.30. The largest absolute Gasteiger partial charge is 0.416 e. The van der Waals surface area contributed by atoms with E-state index in [0.717, 1.165) is 30.5 Å². The van der Waals surface area contributed by atoms with Crippen LogP contribution in [-0.4, -0.2) is 5.54 Å². The highest BCUT2D eigenvalue weighted by atomic mass is 19.4. The van der Waals surface area contributed by atoms with Crippen molar-refractivity contribution in [2.45, 2.75) is 58.3 Å². The predicted octanol–water partition coefficient (Wildman–Crippen LogP) is 4.93. The monoisotopic (exact) mass is 273 g/mol. The van der Waals surface area contributed by atoms with Gasteiger partial charge in [-0.2, -0.15) is 13.2 Å². The van der Waals surface area contributed by atoms with E-state index < -0.39 is 11.7 Å². The number of rotatable bonds is 5. The van der Waals surface area contributed by atoms with E-state index in [4.69, 9.17) is 0 Å². The van der Waals surface area contributed by atoms with Crippen molar-refractivity contribution in [1.29, 1.82) is 0 Å². The molecule has 0 amide bonds. The van der Waals surface area contributed by atoms with Gasteiger partial charge in [-0.25, -0.2) is 0 Å². The van der Waals surface area contributed by atoms with Gasteiger partial charge in [0.1, 0.15) is 0 Å². The standard InChI is InChI=1S/C15H22F3N/c1-5-14(4,6-2)19-11(3)12-7-9-13(10-8-12)15(16,17)18/h7-11,19H,5-6H2,1-4H3. The van der Waals surface area contributed by atoms with Crippen molar-refractivity contribution in [3.05, 3.63) is 35.4 Å². The van der Waals surface area contributed by atoms with E-state index in [1.807, 2.05) is 6.92 Å². The Kier molecular flexibility index (Phi) is 5.02. The van der Waals surface area contributed by atoms with Gasteiger partial charge in [0, 0.05) is 11.6 Å².